The molecule has 0 saturated carbocycles. The molecule has 0 spiro atoms. The molecule has 0 unspecified atom stereocenters. The summed E-state index contributed by atoms with van der Waals surface area (Å²) in [6.45, 7) is 2.11. The van der Waals surface area contributed by atoms with E-state index in [4.69, 9.17) is 4.74 Å². The molecule has 1 aromatic heterocycles. The standard InChI is InChI=1S/C23H25N3O5S/c1-3-31-23(28)21-14-17(15-25(21)2)32(29,30)26-13-7-12-20(26)22(27)24-19-11-6-9-16-8-4-5-10-18(16)19/h4-6,8-11,14-15,20H,3,7,12-13H2,1-2H3,(H,24,27)/t20-/m1/s1. The van der Waals surface area contributed by atoms with Crippen LogP contribution in [0.1, 0.15) is 30.3 Å². The highest BCUT2D eigenvalue weighted by atomic mass is 32.2. The first-order valence-corrected chi connectivity index (χ1v) is 11.9. The largest absolute Gasteiger partial charge is 0.461 e. The molecule has 1 saturated heterocycles. The van der Waals surface area contributed by atoms with Gasteiger partial charge < -0.3 is 14.6 Å². The summed E-state index contributed by atoms with van der Waals surface area (Å²) >= 11 is 0. The van der Waals surface area contributed by atoms with Crippen molar-refractivity contribution in [3.05, 3.63) is 60.4 Å². The maximum absolute atomic E-state index is 13.3. The molecule has 168 valence electrons. The van der Waals surface area contributed by atoms with Gasteiger partial charge in [-0.2, -0.15) is 4.31 Å². The van der Waals surface area contributed by atoms with Gasteiger partial charge in [0.15, 0.2) is 0 Å². The zero-order valence-electron chi connectivity index (χ0n) is 17.9. The number of aromatic nitrogens is 1. The average Bonchev–Trinajstić information content (AvgIpc) is 3.42. The SMILES string of the molecule is CCOC(=O)c1cc(S(=O)(=O)N2CCC[C@@H]2C(=O)Nc2cccc3ccccc23)cn1C. The number of rotatable bonds is 6. The van der Waals surface area contributed by atoms with Crippen LogP contribution in [0.3, 0.4) is 0 Å². The number of esters is 1. The number of carbonyl (C=O) groups excluding carboxylic acids is 2. The van der Waals surface area contributed by atoms with Gasteiger partial charge in [-0.05, 0) is 37.3 Å². The Labute approximate surface area is 186 Å². The topological polar surface area (TPSA) is 97.7 Å². The number of benzene rings is 2. The number of nitrogens with zero attached hydrogens (tertiary/aromatic N) is 2. The minimum Gasteiger partial charge on any atom is -0.461 e. The molecular weight excluding hydrogens is 430 g/mol. The molecule has 8 nitrogen and oxygen atoms in total. The van der Waals surface area contributed by atoms with Crippen molar-refractivity contribution >= 4 is 38.4 Å². The molecule has 2 aromatic carbocycles. The van der Waals surface area contributed by atoms with Crippen LogP contribution in [0.25, 0.3) is 10.8 Å². The number of sulfonamides is 1. The van der Waals surface area contributed by atoms with Crippen LogP contribution in [0.4, 0.5) is 5.69 Å². The highest BCUT2D eigenvalue weighted by molar-refractivity contribution is 7.89. The third-order valence-electron chi connectivity index (χ3n) is 5.62. The predicted octanol–water partition coefficient (Wildman–Crippen LogP) is 3.15. The van der Waals surface area contributed by atoms with Crippen molar-refractivity contribution in [1.29, 1.82) is 0 Å². The summed E-state index contributed by atoms with van der Waals surface area (Å²) in [6.07, 6.45) is 2.37. The second-order valence-corrected chi connectivity index (χ2v) is 9.57. The number of amides is 1. The number of nitrogens with one attached hydrogen (secondary N) is 1. The first-order valence-electron chi connectivity index (χ1n) is 10.5. The van der Waals surface area contributed by atoms with Crippen molar-refractivity contribution in [3.63, 3.8) is 0 Å². The summed E-state index contributed by atoms with van der Waals surface area (Å²) in [6, 6.07) is 13.7. The van der Waals surface area contributed by atoms with Crippen LogP contribution in [0.15, 0.2) is 59.6 Å². The lowest BCUT2D eigenvalue weighted by Crippen LogP contribution is -2.43. The maximum atomic E-state index is 13.3. The van der Waals surface area contributed by atoms with E-state index in [-0.39, 0.29) is 29.6 Å². The number of carbonyl (C=O) groups is 2. The molecule has 1 atom stereocenters. The van der Waals surface area contributed by atoms with Crippen molar-refractivity contribution in [3.8, 4) is 0 Å². The molecule has 0 radical (unpaired) electrons. The number of aryl methyl sites for hydroxylation is 1. The van der Waals surface area contributed by atoms with E-state index in [2.05, 4.69) is 5.32 Å². The number of hydrogen-bond acceptors (Lipinski definition) is 5. The fourth-order valence-electron chi connectivity index (χ4n) is 4.06. The molecule has 1 amide bonds. The van der Waals surface area contributed by atoms with Crippen molar-refractivity contribution in [1.82, 2.24) is 8.87 Å². The minimum absolute atomic E-state index is 0.0343. The van der Waals surface area contributed by atoms with E-state index in [1.165, 1.54) is 21.1 Å². The minimum atomic E-state index is -3.97. The van der Waals surface area contributed by atoms with E-state index in [1.54, 1.807) is 20.0 Å². The van der Waals surface area contributed by atoms with Gasteiger partial charge in [0, 0.05) is 30.9 Å². The Kier molecular flexibility index (Phi) is 6.03. The van der Waals surface area contributed by atoms with Gasteiger partial charge in [0.25, 0.3) is 0 Å². The van der Waals surface area contributed by atoms with E-state index < -0.39 is 22.0 Å². The zero-order chi connectivity index (χ0) is 22.9. The van der Waals surface area contributed by atoms with Gasteiger partial charge in [-0.25, -0.2) is 13.2 Å². The molecular formula is C23H25N3O5S. The second kappa shape index (κ2) is 8.76. The molecule has 3 aromatic rings. The first kappa shape index (κ1) is 22.0. The van der Waals surface area contributed by atoms with Crippen molar-refractivity contribution in [2.45, 2.75) is 30.7 Å². The molecule has 1 aliphatic heterocycles. The lowest BCUT2D eigenvalue weighted by atomic mass is 10.1. The van der Waals surface area contributed by atoms with Gasteiger partial charge in [-0.1, -0.05) is 36.4 Å². The maximum Gasteiger partial charge on any atom is 0.354 e. The summed E-state index contributed by atoms with van der Waals surface area (Å²) in [5, 5.41) is 4.78. The van der Waals surface area contributed by atoms with Crippen LogP contribution in [0.5, 0.6) is 0 Å². The first-order chi connectivity index (χ1) is 15.3. The quantitative estimate of drug-likeness (QED) is 0.576. The lowest BCUT2D eigenvalue weighted by molar-refractivity contribution is -0.119. The van der Waals surface area contributed by atoms with E-state index in [1.807, 2.05) is 36.4 Å². The Bertz CT molecular complexity index is 1280. The normalized spacial score (nSPS) is 16.9. The van der Waals surface area contributed by atoms with Crippen LogP contribution in [-0.4, -0.2) is 48.4 Å². The summed E-state index contributed by atoms with van der Waals surface area (Å²) in [5.74, 6) is -0.966. The third-order valence-corrected chi connectivity index (χ3v) is 7.50. The summed E-state index contributed by atoms with van der Waals surface area (Å²) < 4.78 is 34.3. The Balaban J connectivity index is 1.59. The van der Waals surface area contributed by atoms with Crippen LogP contribution in [0.2, 0.25) is 0 Å². The van der Waals surface area contributed by atoms with Crippen LogP contribution < -0.4 is 5.32 Å². The Hall–Kier alpha value is -3.17. The molecule has 9 heteroatoms. The molecule has 1 aliphatic rings. The smallest absolute Gasteiger partial charge is 0.354 e. The van der Waals surface area contributed by atoms with Gasteiger partial charge >= 0.3 is 5.97 Å². The summed E-state index contributed by atoms with van der Waals surface area (Å²) in [4.78, 5) is 25.2. The monoisotopic (exact) mass is 455 g/mol. The number of ether oxygens (including phenoxy) is 1. The Morgan fingerprint density at radius 1 is 1.16 bits per heavy atom. The summed E-state index contributed by atoms with van der Waals surface area (Å²) in [7, 11) is -2.39. The van der Waals surface area contributed by atoms with Crippen molar-refractivity contribution in [2.75, 3.05) is 18.5 Å². The predicted molar refractivity (Wildman–Crippen MR) is 121 cm³/mol. The average molecular weight is 456 g/mol. The molecule has 1 fully saturated rings. The Morgan fingerprint density at radius 3 is 2.69 bits per heavy atom. The second-order valence-electron chi connectivity index (χ2n) is 7.68. The fraction of sp³-hybridized carbons (Fsp3) is 0.304. The number of anilines is 1. The van der Waals surface area contributed by atoms with Crippen LogP contribution in [0, 0.1) is 0 Å². The van der Waals surface area contributed by atoms with Crippen LogP contribution in [-0.2, 0) is 26.6 Å². The number of fused-ring (bicyclic) bond motifs is 1. The van der Waals surface area contributed by atoms with E-state index >= 15 is 0 Å². The van der Waals surface area contributed by atoms with Gasteiger partial charge in [0.2, 0.25) is 15.9 Å². The molecule has 32 heavy (non-hydrogen) atoms. The van der Waals surface area contributed by atoms with Gasteiger partial charge in [0.1, 0.15) is 16.6 Å². The summed E-state index contributed by atoms with van der Waals surface area (Å²) in [5.41, 5.74) is 0.781. The molecule has 0 bridgehead atoms. The van der Waals surface area contributed by atoms with Gasteiger partial charge in [-0.3, -0.25) is 4.79 Å². The Morgan fingerprint density at radius 2 is 1.91 bits per heavy atom. The van der Waals surface area contributed by atoms with Gasteiger partial charge in [-0.15, -0.1) is 0 Å². The molecule has 2 heterocycles. The lowest BCUT2D eigenvalue weighted by Gasteiger charge is -2.23. The van der Waals surface area contributed by atoms with E-state index in [9.17, 15) is 18.0 Å². The van der Waals surface area contributed by atoms with Crippen molar-refractivity contribution in [2.24, 2.45) is 7.05 Å². The molecule has 4 rings (SSSR count). The van der Waals surface area contributed by atoms with Crippen molar-refractivity contribution < 1.29 is 22.7 Å². The molecule has 0 aliphatic carbocycles. The fourth-order valence-corrected chi connectivity index (χ4v) is 5.79. The highest BCUT2D eigenvalue weighted by Crippen LogP contribution is 2.29. The van der Waals surface area contributed by atoms with Gasteiger partial charge in [0.05, 0.1) is 6.61 Å². The molecule has 1 N–H and O–H groups in total. The zero-order valence-corrected chi connectivity index (χ0v) is 18.8. The highest BCUT2D eigenvalue weighted by Gasteiger charge is 2.40. The van der Waals surface area contributed by atoms with E-state index in [0.717, 1.165) is 10.8 Å². The van der Waals surface area contributed by atoms with Crippen LogP contribution >= 0.6 is 0 Å². The number of hydrogen-bond donors (Lipinski definition) is 1. The third kappa shape index (κ3) is 4.01. The van der Waals surface area contributed by atoms with E-state index in [0.29, 0.717) is 18.5 Å².